The summed E-state index contributed by atoms with van der Waals surface area (Å²) in [6.07, 6.45) is 6.08. The summed E-state index contributed by atoms with van der Waals surface area (Å²) in [4.78, 5) is 2.49. The van der Waals surface area contributed by atoms with Crippen molar-refractivity contribution in [3.05, 3.63) is 0 Å². The maximum Gasteiger partial charge on any atom is 0.0627 e. The van der Waals surface area contributed by atoms with Crippen molar-refractivity contribution in [2.75, 3.05) is 26.2 Å². The topological polar surface area (TPSA) is 45.1 Å². The van der Waals surface area contributed by atoms with Crippen LogP contribution in [-0.2, 0) is 4.74 Å². The lowest BCUT2D eigenvalue weighted by Gasteiger charge is -2.33. The van der Waals surface area contributed by atoms with Gasteiger partial charge in [-0.15, -0.1) is 0 Å². The molecule has 1 N–H and O–H groups in total. The summed E-state index contributed by atoms with van der Waals surface area (Å²) in [5.41, 5.74) is 0.987. The molecule has 0 aromatic heterocycles. The standard InChI is InChI=1S/C13H24N2O2/c1-2-11-10-15(8-6-13(11)14-16)7-5-12-4-3-9-17-12/h11-12,16H,2-10H2,1H3. The fraction of sp³-hybridized carbons (Fsp3) is 0.923. The fourth-order valence-corrected chi connectivity index (χ4v) is 2.88. The molecule has 4 nitrogen and oxygen atoms in total. The van der Waals surface area contributed by atoms with Gasteiger partial charge in [-0.2, -0.15) is 0 Å². The lowest BCUT2D eigenvalue weighted by Crippen LogP contribution is -2.41. The number of ether oxygens (including phenoxy) is 1. The zero-order chi connectivity index (χ0) is 12.1. The van der Waals surface area contributed by atoms with Crippen molar-refractivity contribution in [1.29, 1.82) is 0 Å². The third-order valence-corrected chi connectivity index (χ3v) is 4.05. The quantitative estimate of drug-likeness (QED) is 0.604. The van der Waals surface area contributed by atoms with E-state index in [4.69, 9.17) is 9.94 Å². The predicted molar refractivity (Wildman–Crippen MR) is 67.7 cm³/mol. The summed E-state index contributed by atoms with van der Waals surface area (Å²) in [6.45, 7) is 6.31. The van der Waals surface area contributed by atoms with Crippen LogP contribution in [0.2, 0.25) is 0 Å². The molecule has 98 valence electrons. The molecule has 0 spiro atoms. The number of hydrogen-bond acceptors (Lipinski definition) is 4. The Hall–Kier alpha value is -0.610. The molecular formula is C13H24N2O2. The Balaban J connectivity index is 1.75. The van der Waals surface area contributed by atoms with E-state index in [9.17, 15) is 0 Å². The Labute approximate surface area is 104 Å². The van der Waals surface area contributed by atoms with Gasteiger partial charge in [0, 0.05) is 38.6 Å². The van der Waals surface area contributed by atoms with Gasteiger partial charge >= 0.3 is 0 Å². The number of rotatable bonds is 4. The van der Waals surface area contributed by atoms with Crippen molar-refractivity contribution < 1.29 is 9.94 Å². The van der Waals surface area contributed by atoms with Crippen LogP contribution in [0.1, 0.15) is 39.0 Å². The third-order valence-electron chi connectivity index (χ3n) is 4.05. The highest BCUT2D eigenvalue weighted by molar-refractivity contribution is 5.87. The Bertz CT molecular complexity index is 262. The molecule has 2 rings (SSSR count). The third kappa shape index (κ3) is 3.42. The second kappa shape index (κ2) is 6.36. The van der Waals surface area contributed by atoms with Crippen molar-refractivity contribution in [3.8, 4) is 0 Å². The minimum atomic E-state index is 0.443. The largest absolute Gasteiger partial charge is 0.411 e. The van der Waals surface area contributed by atoms with Gasteiger partial charge in [0.15, 0.2) is 0 Å². The molecule has 0 aliphatic carbocycles. The molecule has 0 aromatic rings. The molecular weight excluding hydrogens is 216 g/mol. The van der Waals surface area contributed by atoms with Crippen LogP contribution in [0.3, 0.4) is 0 Å². The highest BCUT2D eigenvalue weighted by Gasteiger charge is 2.25. The molecule has 2 fully saturated rings. The van der Waals surface area contributed by atoms with Gasteiger partial charge in [0.1, 0.15) is 0 Å². The van der Waals surface area contributed by atoms with Gasteiger partial charge in [-0.05, 0) is 25.7 Å². The summed E-state index contributed by atoms with van der Waals surface area (Å²) in [5, 5.41) is 12.4. The normalized spacial score (nSPS) is 33.4. The lowest BCUT2D eigenvalue weighted by atomic mass is 9.93. The fourth-order valence-electron chi connectivity index (χ4n) is 2.88. The minimum absolute atomic E-state index is 0.443. The predicted octanol–water partition coefficient (Wildman–Crippen LogP) is 2.12. The van der Waals surface area contributed by atoms with Gasteiger partial charge in [-0.3, -0.25) is 0 Å². The van der Waals surface area contributed by atoms with Crippen LogP contribution in [0.5, 0.6) is 0 Å². The van der Waals surface area contributed by atoms with Crippen LogP contribution < -0.4 is 0 Å². The summed E-state index contributed by atoms with van der Waals surface area (Å²) in [7, 11) is 0. The van der Waals surface area contributed by atoms with Gasteiger partial charge in [0.05, 0.1) is 11.8 Å². The van der Waals surface area contributed by atoms with E-state index in [1.807, 2.05) is 0 Å². The molecule has 0 saturated carbocycles. The molecule has 2 saturated heterocycles. The molecule has 2 aliphatic rings. The van der Waals surface area contributed by atoms with E-state index in [0.29, 0.717) is 12.0 Å². The summed E-state index contributed by atoms with van der Waals surface area (Å²) in [5.74, 6) is 0.443. The maximum absolute atomic E-state index is 8.93. The van der Waals surface area contributed by atoms with Gasteiger partial charge in [-0.1, -0.05) is 12.1 Å². The first-order chi connectivity index (χ1) is 8.33. The molecule has 0 bridgehead atoms. The molecule has 2 unspecified atom stereocenters. The molecule has 0 amide bonds. The van der Waals surface area contributed by atoms with Gasteiger partial charge in [0.25, 0.3) is 0 Å². The van der Waals surface area contributed by atoms with E-state index in [0.717, 1.165) is 51.2 Å². The minimum Gasteiger partial charge on any atom is -0.411 e. The molecule has 0 aromatic carbocycles. The van der Waals surface area contributed by atoms with E-state index < -0.39 is 0 Å². The number of oxime groups is 1. The molecule has 4 heteroatoms. The molecule has 2 heterocycles. The van der Waals surface area contributed by atoms with E-state index in [1.54, 1.807) is 0 Å². The first-order valence-corrected chi connectivity index (χ1v) is 6.88. The van der Waals surface area contributed by atoms with Crippen LogP contribution >= 0.6 is 0 Å². The van der Waals surface area contributed by atoms with E-state index in [2.05, 4.69) is 17.0 Å². The second-order valence-corrected chi connectivity index (χ2v) is 5.17. The van der Waals surface area contributed by atoms with Crippen LogP contribution in [0.25, 0.3) is 0 Å². The van der Waals surface area contributed by atoms with Crippen molar-refractivity contribution in [1.82, 2.24) is 4.90 Å². The molecule has 2 atom stereocenters. The van der Waals surface area contributed by atoms with Crippen molar-refractivity contribution in [2.24, 2.45) is 11.1 Å². The van der Waals surface area contributed by atoms with E-state index in [1.165, 1.54) is 12.8 Å². The average molecular weight is 240 g/mol. The Morgan fingerprint density at radius 3 is 3.06 bits per heavy atom. The van der Waals surface area contributed by atoms with Gasteiger partial charge in [0.2, 0.25) is 0 Å². The van der Waals surface area contributed by atoms with E-state index in [-0.39, 0.29) is 0 Å². The Morgan fingerprint density at radius 1 is 1.53 bits per heavy atom. The second-order valence-electron chi connectivity index (χ2n) is 5.17. The van der Waals surface area contributed by atoms with Crippen molar-refractivity contribution >= 4 is 5.71 Å². The highest BCUT2D eigenvalue weighted by Crippen LogP contribution is 2.20. The summed E-state index contributed by atoms with van der Waals surface area (Å²) in [6, 6.07) is 0. The van der Waals surface area contributed by atoms with Crippen LogP contribution in [0.4, 0.5) is 0 Å². The smallest absolute Gasteiger partial charge is 0.0627 e. The molecule has 2 aliphatic heterocycles. The summed E-state index contributed by atoms with van der Waals surface area (Å²) >= 11 is 0. The van der Waals surface area contributed by atoms with Gasteiger partial charge in [-0.25, -0.2) is 0 Å². The van der Waals surface area contributed by atoms with Gasteiger partial charge < -0.3 is 14.8 Å². The molecule has 17 heavy (non-hydrogen) atoms. The van der Waals surface area contributed by atoms with Crippen molar-refractivity contribution in [2.45, 2.75) is 45.1 Å². The monoisotopic (exact) mass is 240 g/mol. The Kier molecular flexibility index (Phi) is 4.80. The van der Waals surface area contributed by atoms with Crippen LogP contribution in [-0.4, -0.2) is 48.2 Å². The number of nitrogens with zero attached hydrogens (tertiary/aromatic N) is 2. The lowest BCUT2D eigenvalue weighted by molar-refractivity contribution is 0.0893. The molecule has 0 radical (unpaired) electrons. The maximum atomic E-state index is 8.93. The van der Waals surface area contributed by atoms with Crippen LogP contribution in [0.15, 0.2) is 5.16 Å². The SMILES string of the molecule is CCC1CN(CCC2CCCO2)CCC1=NO. The van der Waals surface area contributed by atoms with Crippen molar-refractivity contribution in [3.63, 3.8) is 0 Å². The summed E-state index contributed by atoms with van der Waals surface area (Å²) < 4.78 is 5.65. The zero-order valence-electron chi connectivity index (χ0n) is 10.8. The number of hydrogen-bond donors (Lipinski definition) is 1. The first-order valence-electron chi connectivity index (χ1n) is 6.88. The van der Waals surface area contributed by atoms with Crippen LogP contribution in [0, 0.1) is 5.92 Å². The number of piperidine rings is 1. The Morgan fingerprint density at radius 2 is 2.41 bits per heavy atom. The number of likely N-dealkylation sites (tertiary alicyclic amines) is 1. The van der Waals surface area contributed by atoms with E-state index >= 15 is 0 Å². The first kappa shape index (κ1) is 12.8. The zero-order valence-corrected chi connectivity index (χ0v) is 10.8. The highest BCUT2D eigenvalue weighted by atomic mass is 16.5. The average Bonchev–Trinajstić information content (AvgIpc) is 2.89.